The van der Waals surface area contributed by atoms with E-state index in [4.69, 9.17) is 0 Å². The first kappa shape index (κ1) is 9.04. The normalized spacial score (nSPS) is 17.5. The highest BCUT2D eigenvalue weighted by Crippen LogP contribution is 2.19. The number of esters is 1. The molecule has 0 aromatic rings. The fourth-order valence-corrected chi connectivity index (χ4v) is 1.34. The second-order valence-electron chi connectivity index (χ2n) is 2.95. The SMILES string of the molecule is COC(=O)C1=C(C)C=CCCC1. The van der Waals surface area contributed by atoms with Crippen molar-refractivity contribution in [1.82, 2.24) is 0 Å². The maximum atomic E-state index is 11.2. The van der Waals surface area contributed by atoms with Crippen LogP contribution < -0.4 is 0 Å². The summed E-state index contributed by atoms with van der Waals surface area (Å²) in [6.07, 6.45) is 7.03. The highest BCUT2D eigenvalue weighted by Gasteiger charge is 2.12. The van der Waals surface area contributed by atoms with E-state index >= 15 is 0 Å². The van der Waals surface area contributed by atoms with Crippen LogP contribution in [0, 0.1) is 0 Å². The fraction of sp³-hybridized carbons (Fsp3) is 0.500. The Bertz CT molecular complexity index is 236. The summed E-state index contributed by atoms with van der Waals surface area (Å²) >= 11 is 0. The van der Waals surface area contributed by atoms with Gasteiger partial charge in [-0.3, -0.25) is 0 Å². The van der Waals surface area contributed by atoms with Gasteiger partial charge in [-0.1, -0.05) is 12.2 Å². The Morgan fingerprint density at radius 1 is 1.58 bits per heavy atom. The number of carbonyl (C=O) groups is 1. The van der Waals surface area contributed by atoms with E-state index in [1.54, 1.807) is 0 Å². The summed E-state index contributed by atoms with van der Waals surface area (Å²) in [4.78, 5) is 11.2. The molecule has 0 aromatic carbocycles. The molecular weight excluding hydrogens is 152 g/mol. The molecule has 2 nitrogen and oxygen atoms in total. The van der Waals surface area contributed by atoms with Crippen molar-refractivity contribution < 1.29 is 9.53 Å². The lowest BCUT2D eigenvalue weighted by Gasteiger charge is -2.04. The van der Waals surface area contributed by atoms with E-state index in [-0.39, 0.29) is 5.97 Å². The van der Waals surface area contributed by atoms with Gasteiger partial charge in [-0.2, -0.15) is 0 Å². The van der Waals surface area contributed by atoms with Crippen LogP contribution in [0.3, 0.4) is 0 Å². The predicted molar refractivity (Wildman–Crippen MR) is 47.7 cm³/mol. The minimum atomic E-state index is -0.181. The Balaban J connectivity index is 2.84. The number of hydrogen-bond donors (Lipinski definition) is 0. The summed E-state index contributed by atoms with van der Waals surface area (Å²) in [7, 11) is 1.43. The lowest BCUT2D eigenvalue weighted by atomic mass is 10.1. The second-order valence-corrected chi connectivity index (χ2v) is 2.95. The molecule has 12 heavy (non-hydrogen) atoms. The molecule has 1 aliphatic carbocycles. The Morgan fingerprint density at radius 3 is 3.00 bits per heavy atom. The third-order valence-electron chi connectivity index (χ3n) is 2.07. The smallest absolute Gasteiger partial charge is 0.333 e. The number of allylic oxidation sites excluding steroid dienone is 3. The molecule has 0 radical (unpaired) electrons. The summed E-state index contributed by atoms with van der Waals surface area (Å²) in [5, 5.41) is 0. The summed E-state index contributed by atoms with van der Waals surface area (Å²) in [6.45, 7) is 1.95. The minimum absolute atomic E-state index is 0.181. The molecule has 66 valence electrons. The molecule has 0 heterocycles. The van der Waals surface area contributed by atoms with Gasteiger partial charge in [-0.05, 0) is 31.8 Å². The summed E-state index contributed by atoms with van der Waals surface area (Å²) in [5.41, 5.74) is 1.87. The predicted octanol–water partition coefficient (Wildman–Crippen LogP) is 2.22. The second kappa shape index (κ2) is 4.10. The molecule has 1 rings (SSSR count). The van der Waals surface area contributed by atoms with Crippen LogP contribution in [0.5, 0.6) is 0 Å². The number of hydrogen-bond acceptors (Lipinski definition) is 2. The molecule has 1 aliphatic rings. The molecule has 0 amide bonds. The Morgan fingerprint density at radius 2 is 2.33 bits per heavy atom. The first-order chi connectivity index (χ1) is 5.75. The van der Waals surface area contributed by atoms with Crippen LogP contribution in [0.15, 0.2) is 23.3 Å². The van der Waals surface area contributed by atoms with Gasteiger partial charge in [0.2, 0.25) is 0 Å². The van der Waals surface area contributed by atoms with Crippen molar-refractivity contribution >= 4 is 5.97 Å². The first-order valence-corrected chi connectivity index (χ1v) is 4.20. The van der Waals surface area contributed by atoms with Crippen LogP contribution in [0.2, 0.25) is 0 Å². The molecule has 0 aliphatic heterocycles. The maximum Gasteiger partial charge on any atom is 0.333 e. The maximum absolute atomic E-state index is 11.2. The van der Waals surface area contributed by atoms with Crippen molar-refractivity contribution in [2.45, 2.75) is 26.2 Å². The first-order valence-electron chi connectivity index (χ1n) is 4.20. The molecule has 0 unspecified atom stereocenters. The lowest BCUT2D eigenvalue weighted by Crippen LogP contribution is -2.05. The highest BCUT2D eigenvalue weighted by atomic mass is 16.5. The van der Waals surface area contributed by atoms with Gasteiger partial charge in [0.15, 0.2) is 0 Å². The molecule has 2 heteroatoms. The average Bonchev–Trinajstić information content (AvgIpc) is 2.28. The number of ether oxygens (including phenoxy) is 1. The topological polar surface area (TPSA) is 26.3 Å². The molecule has 0 fully saturated rings. The summed E-state index contributed by atoms with van der Waals surface area (Å²) < 4.78 is 4.68. The van der Waals surface area contributed by atoms with Crippen LogP contribution in [0.1, 0.15) is 26.2 Å². The largest absolute Gasteiger partial charge is 0.466 e. The summed E-state index contributed by atoms with van der Waals surface area (Å²) in [6, 6.07) is 0. The number of carbonyl (C=O) groups excluding carboxylic acids is 1. The van der Waals surface area contributed by atoms with Crippen LogP contribution in [0.4, 0.5) is 0 Å². The van der Waals surface area contributed by atoms with Crippen molar-refractivity contribution in [1.29, 1.82) is 0 Å². The molecule has 0 spiro atoms. The standard InChI is InChI=1S/C10H14O2/c1-8-6-4-3-5-7-9(8)10(11)12-2/h4,6H,3,5,7H2,1-2H3. The van der Waals surface area contributed by atoms with E-state index in [1.165, 1.54) is 7.11 Å². The van der Waals surface area contributed by atoms with E-state index in [0.29, 0.717) is 0 Å². The van der Waals surface area contributed by atoms with E-state index in [0.717, 1.165) is 30.4 Å². The van der Waals surface area contributed by atoms with Crippen molar-refractivity contribution in [3.8, 4) is 0 Å². The molecule has 0 saturated heterocycles. The zero-order valence-corrected chi connectivity index (χ0v) is 7.59. The fourth-order valence-electron chi connectivity index (χ4n) is 1.34. The molecule has 0 N–H and O–H groups in total. The van der Waals surface area contributed by atoms with Gasteiger partial charge in [0.05, 0.1) is 7.11 Å². The van der Waals surface area contributed by atoms with Gasteiger partial charge in [0.25, 0.3) is 0 Å². The molecule has 0 saturated carbocycles. The van der Waals surface area contributed by atoms with Crippen molar-refractivity contribution in [2.24, 2.45) is 0 Å². The molecular formula is C10H14O2. The van der Waals surface area contributed by atoms with Gasteiger partial charge in [0.1, 0.15) is 0 Å². The quantitative estimate of drug-likeness (QED) is 0.558. The van der Waals surface area contributed by atoms with Gasteiger partial charge >= 0.3 is 5.97 Å². The Hall–Kier alpha value is -1.05. The van der Waals surface area contributed by atoms with E-state index in [9.17, 15) is 4.79 Å². The monoisotopic (exact) mass is 166 g/mol. The van der Waals surface area contributed by atoms with E-state index < -0.39 is 0 Å². The van der Waals surface area contributed by atoms with Crippen molar-refractivity contribution in [2.75, 3.05) is 7.11 Å². The average molecular weight is 166 g/mol. The zero-order valence-electron chi connectivity index (χ0n) is 7.59. The zero-order chi connectivity index (χ0) is 8.97. The highest BCUT2D eigenvalue weighted by molar-refractivity contribution is 5.89. The van der Waals surface area contributed by atoms with Crippen molar-refractivity contribution in [3.05, 3.63) is 23.3 Å². The number of rotatable bonds is 1. The van der Waals surface area contributed by atoms with E-state index in [2.05, 4.69) is 10.8 Å². The number of methoxy groups -OCH3 is 1. The van der Waals surface area contributed by atoms with Crippen LogP contribution in [-0.4, -0.2) is 13.1 Å². The molecule has 0 aromatic heterocycles. The van der Waals surface area contributed by atoms with Crippen LogP contribution in [0.25, 0.3) is 0 Å². The van der Waals surface area contributed by atoms with Gasteiger partial charge < -0.3 is 4.74 Å². The van der Waals surface area contributed by atoms with Crippen LogP contribution >= 0.6 is 0 Å². The van der Waals surface area contributed by atoms with Gasteiger partial charge in [-0.25, -0.2) is 4.79 Å². The Kier molecular flexibility index (Phi) is 3.09. The van der Waals surface area contributed by atoms with Crippen molar-refractivity contribution in [3.63, 3.8) is 0 Å². The molecule has 0 bridgehead atoms. The third-order valence-corrected chi connectivity index (χ3v) is 2.07. The van der Waals surface area contributed by atoms with E-state index in [1.807, 2.05) is 13.0 Å². The van der Waals surface area contributed by atoms with Gasteiger partial charge in [0, 0.05) is 5.57 Å². The summed E-state index contributed by atoms with van der Waals surface area (Å²) in [5.74, 6) is -0.181. The minimum Gasteiger partial charge on any atom is -0.466 e. The van der Waals surface area contributed by atoms with Crippen LogP contribution in [-0.2, 0) is 9.53 Å². The molecule has 0 atom stereocenters. The third kappa shape index (κ3) is 1.97. The van der Waals surface area contributed by atoms with Gasteiger partial charge in [-0.15, -0.1) is 0 Å². The lowest BCUT2D eigenvalue weighted by molar-refractivity contribution is -0.136. The Labute approximate surface area is 72.9 Å².